The van der Waals surface area contributed by atoms with Gasteiger partial charge >= 0.3 is 0 Å². The number of alkyl halides is 1. The molecule has 13 heavy (non-hydrogen) atoms. The lowest BCUT2D eigenvalue weighted by molar-refractivity contribution is 0.475. The van der Waals surface area contributed by atoms with Crippen molar-refractivity contribution >= 4 is 15.9 Å². The lowest BCUT2D eigenvalue weighted by Gasteiger charge is -2.03. The minimum atomic E-state index is 0.345. The molecule has 0 bridgehead atoms. The average molecular weight is 243 g/mol. The Bertz CT molecular complexity index is 241. The molecule has 0 heterocycles. The normalized spacial score (nSPS) is 12.8. The van der Waals surface area contributed by atoms with Crippen LogP contribution in [0.4, 0.5) is 0 Å². The molecule has 1 N–H and O–H groups in total. The Morgan fingerprint density at radius 3 is 2.46 bits per heavy atom. The zero-order chi connectivity index (χ0) is 9.68. The minimum absolute atomic E-state index is 0.345. The summed E-state index contributed by atoms with van der Waals surface area (Å²) in [5, 5.41) is 9.06. The van der Waals surface area contributed by atoms with Gasteiger partial charge in [-0.2, -0.15) is 0 Å². The van der Waals surface area contributed by atoms with E-state index >= 15 is 0 Å². The van der Waals surface area contributed by atoms with Crippen LogP contribution in [0.25, 0.3) is 0 Å². The van der Waals surface area contributed by atoms with E-state index in [0.29, 0.717) is 10.6 Å². The van der Waals surface area contributed by atoms with Crippen molar-refractivity contribution in [3.05, 3.63) is 29.8 Å². The van der Waals surface area contributed by atoms with E-state index < -0.39 is 0 Å². The highest BCUT2D eigenvalue weighted by molar-refractivity contribution is 9.09. The molecule has 0 aromatic heterocycles. The third-order valence-corrected chi connectivity index (χ3v) is 2.46. The molecule has 0 aliphatic carbocycles. The predicted octanol–water partition coefficient (Wildman–Crippen LogP) is 3.50. The first kappa shape index (κ1) is 10.6. The van der Waals surface area contributed by atoms with E-state index in [9.17, 15) is 0 Å². The second kappa shape index (κ2) is 5.28. The van der Waals surface area contributed by atoms with E-state index in [4.69, 9.17) is 5.11 Å². The first-order valence-corrected chi connectivity index (χ1v) is 5.52. The van der Waals surface area contributed by atoms with Crippen molar-refractivity contribution in [1.29, 1.82) is 0 Å². The molecule has 1 aromatic carbocycles. The molecule has 0 radical (unpaired) electrons. The zero-order valence-corrected chi connectivity index (χ0v) is 9.42. The van der Waals surface area contributed by atoms with Crippen molar-refractivity contribution in [2.75, 3.05) is 0 Å². The van der Waals surface area contributed by atoms with Crippen LogP contribution in [0.5, 0.6) is 5.75 Å². The Labute approximate surface area is 87.9 Å². The van der Waals surface area contributed by atoms with Gasteiger partial charge in [-0.15, -0.1) is 0 Å². The van der Waals surface area contributed by atoms with Crippen LogP contribution in [0.1, 0.15) is 25.3 Å². The summed E-state index contributed by atoms with van der Waals surface area (Å²) in [5.74, 6) is 0.345. The largest absolute Gasteiger partial charge is 0.508 e. The van der Waals surface area contributed by atoms with Gasteiger partial charge in [0.2, 0.25) is 0 Å². The molecule has 2 heteroatoms. The summed E-state index contributed by atoms with van der Waals surface area (Å²) in [6.45, 7) is 2.16. The standard InChI is InChI=1S/C11H15BrO/c1-9(12)3-2-4-10-5-7-11(13)8-6-10/h5-9,13H,2-4H2,1H3. The molecule has 1 rings (SSSR count). The number of hydrogen-bond acceptors (Lipinski definition) is 1. The van der Waals surface area contributed by atoms with Gasteiger partial charge in [0.1, 0.15) is 5.75 Å². The van der Waals surface area contributed by atoms with Crippen molar-refractivity contribution in [3.8, 4) is 5.75 Å². The average Bonchev–Trinajstić information content (AvgIpc) is 2.08. The van der Waals surface area contributed by atoms with Crippen LogP contribution < -0.4 is 0 Å². The van der Waals surface area contributed by atoms with E-state index in [1.807, 2.05) is 12.1 Å². The van der Waals surface area contributed by atoms with Gasteiger partial charge in [0.15, 0.2) is 0 Å². The number of benzene rings is 1. The van der Waals surface area contributed by atoms with Crippen molar-refractivity contribution in [1.82, 2.24) is 0 Å². The van der Waals surface area contributed by atoms with Crippen LogP contribution >= 0.6 is 15.9 Å². The Balaban J connectivity index is 2.33. The predicted molar refractivity (Wildman–Crippen MR) is 59.4 cm³/mol. The molecule has 1 aromatic rings. The second-order valence-electron chi connectivity index (χ2n) is 3.34. The number of hydrogen-bond donors (Lipinski definition) is 1. The summed E-state index contributed by atoms with van der Waals surface area (Å²) in [7, 11) is 0. The zero-order valence-electron chi connectivity index (χ0n) is 7.83. The smallest absolute Gasteiger partial charge is 0.115 e. The molecule has 0 aliphatic rings. The lowest BCUT2D eigenvalue weighted by atomic mass is 10.1. The maximum atomic E-state index is 9.06. The summed E-state index contributed by atoms with van der Waals surface area (Å²) in [4.78, 5) is 0.601. The van der Waals surface area contributed by atoms with Gasteiger partial charge in [0, 0.05) is 4.83 Å². The Hall–Kier alpha value is -0.500. The lowest BCUT2D eigenvalue weighted by Crippen LogP contribution is -1.92. The highest BCUT2D eigenvalue weighted by Gasteiger charge is 1.97. The van der Waals surface area contributed by atoms with Crippen LogP contribution in [-0.2, 0) is 6.42 Å². The van der Waals surface area contributed by atoms with E-state index in [0.717, 1.165) is 6.42 Å². The van der Waals surface area contributed by atoms with Crippen LogP contribution in [0, 0.1) is 0 Å². The molecule has 1 unspecified atom stereocenters. The topological polar surface area (TPSA) is 20.2 Å². The van der Waals surface area contributed by atoms with E-state index in [2.05, 4.69) is 22.9 Å². The van der Waals surface area contributed by atoms with Gasteiger partial charge in [-0.05, 0) is 37.0 Å². The fourth-order valence-corrected chi connectivity index (χ4v) is 1.57. The van der Waals surface area contributed by atoms with Gasteiger partial charge < -0.3 is 5.11 Å². The van der Waals surface area contributed by atoms with Gasteiger partial charge in [-0.1, -0.05) is 35.0 Å². The first-order chi connectivity index (χ1) is 6.18. The Morgan fingerprint density at radius 1 is 1.31 bits per heavy atom. The number of halogens is 1. The summed E-state index contributed by atoms with van der Waals surface area (Å²) < 4.78 is 0. The Kier molecular flexibility index (Phi) is 4.29. The molecule has 72 valence electrons. The number of aromatic hydroxyl groups is 1. The number of phenols is 1. The molecule has 1 nitrogen and oxygen atoms in total. The molecule has 0 aliphatic heterocycles. The number of aryl methyl sites for hydroxylation is 1. The number of phenolic OH excluding ortho intramolecular Hbond substituents is 1. The van der Waals surface area contributed by atoms with Gasteiger partial charge in [-0.25, -0.2) is 0 Å². The second-order valence-corrected chi connectivity index (χ2v) is 4.90. The Morgan fingerprint density at radius 2 is 1.92 bits per heavy atom. The van der Waals surface area contributed by atoms with Gasteiger partial charge in [0.05, 0.1) is 0 Å². The third-order valence-electron chi connectivity index (χ3n) is 2.00. The molecule has 0 amide bonds. The molecule has 1 atom stereocenters. The van der Waals surface area contributed by atoms with E-state index in [1.54, 1.807) is 12.1 Å². The highest BCUT2D eigenvalue weighted by atomic mass is 79.9. The number of rotatable bonds is 4. The van der Waals surface area contributed by atoms with Crippen molar-refractivity contribution in [3.63, 3.8) is 0 Å². The summed E-state index contributed by atoms with van der Waals surface area (Å²) in [5.41, 5.74) is 1.30. The highest BCUT2D eigenvalue weighted by Crippen LogP contribution is 2.14. The van der Waals surface area contributed by atoms with E-state index in [1.165, 1.54) is 18.4 Å². The fourth-order valence-electron chi connectivity index (χ4n) is 1.25. The molecular weight excluding hydrogens is 228 g/mol. The van der Waals surface area contributed by atoms with Crippen LogP contribution in [0.2, 0.25) is 0 Å². The molecule has 0 spiro atoms. The molecule has 0 saturated heterocycles. The summed E-state index contributed by atoms with van der Waals surface area (Å²) in [6.07, 6.45) is 3.48. The molecule has 0 saturated carbocycles. The third kappa shape index (κ3) is 4.32. The fraction of sp³-hybridized carbons (Fsp3) is 0.455. The molecule has 0 fully saturated rings. The first-order valence-electron chi connectivity index (χ1n) is 4.60. The SMILES string of the molecule is CC(Br)CCCc1ccc(O)cc1. The summed E-state index contributed by atoms with van der Waals surface area (Å²) >= 11 is 3.52. The van der Waals surface area contributed by atoms with Crippen molar-refractivity contribution in [2.45, 2.75) is 31.0 Å². The van der Waals surface area contributed by atoms with Crippen LogP contribution in [0.3, 0.4) is 0 Å². The van der Waals surface area contributed by atoms with Crippen LogP contribution in [-0.4, -0.2) is 9.93 Å². The van der Waals surface area contributed by atoms with Crippen molar-refractivity contribution in [2.24, 2.45) is 0 Å². The van der Waals surface area contributed by atoms with Gasteiger partial charge in [-0.3, -0.25) is 0 Å². The minimum Gasteiger partial charge on any atom is -0.508 e. The quantitative estimate of drug-likeness (QED) is 0.802. The van der Waals surface area contributed by atoms with Crippen molar-refractivity contribution < 1.29 is 5.11 Å². The molecular formula is C11H15BrO. The summed E-state index contributed by atoms with van der Waals surface area (Å²) in [6, 6.07) is 7.45. The maximum absolute atomic E-state index is 9.06. The maximum Gasteiger partial charge on any atom is 0.115 e. The van der Waals surface area contributed by atoms with Crippen LogP contribution in [0.15, 0.2) is 24.3 Å². The van der Waals surface area contributed by atoms with Gasteiger partial charge in [0.25, 0.3) is 0 Å². The van der Waals surface area contributed by atoms with E-state index in [-0.39, 0.29) is 0 Å². The monoisotopic (exact) mass is 242 g/mol.